The fourth-order valence-electron chi connectivity index (χ4n) is 2.02. The van der Waals surface area contributed by atoms with Crippen LogP contribution in [0.1, 0.15) is 27.2 Å². The first kappa shape index (κ1) is 16.7. The van der Waals surface area contributed by atoms with Crippen LogP contribution in [0.15, 0.2) is 0 Å². The van der Waals surface area contributed by atoms with Crippen LogP contribution in [0.4, 0.5) is 0 Å². The maximum atomic E-state index is 11.5. The smallest absolute Gasteiger partial charge is 0.311 e. The molecule has 5 heteroatoms. The summed E-state index contributed by atoms with van der Waals surface area (Å²) in [7, 11) is 1.46. The van der Waals surface area contributed by atoms with Gasteiger partial charge in [0.15, 0.2) is 0 Å². The summed E-state index contributed by atoms with van der Waals surface area (Å²) in [6.07, 6.45) is 0.851. The number of carbonyl (C=O) groups excluding carboxylic acids is 1. The number of hydrogen-bond acceptors (Lipinski definition) is 4. The number of carbonyl (C=O) groups is 1. The first-order chi connectivity index (χ1) is 7.47. The third-order valence-corrected chi connectivity index (χ3v) is 3.40. The summed E-state index contributed by atoms with van der Waals surface area (Å²) in [4.78, 5) is 14.0. The fourth-order valence-corrected chi connectivity index (χ4v) is 2.02. The highest BCUT2D eigenvalue weighted by molar-refractivity contribution is 5.85. The Morgan fingerprint density at radius 2 is 2.18 bits per heavy atom. The number of nitrogens with one attached hydrogen (secondary N) is 1. The van der Waals surface area contributed by atoms with Gasteiger partial charge in [-0.15, -0.1) is 12.4 Å². The van der Waals surface area contributed by atoms with E-state index in [1.165, 1.54) is 7.11 Å². The lowest BCUT2D eigenvalue weighted by Gasteiger charge is -2.35. The maximum Gasteiger partial charge on any atom is 0.311 e. The Morgan fingerprint density at radius 3 is 2.71 bits per heavy atom. The minimum absolute atomic E-state index is 0. The van der Waals surface area contributed by atoms with E-state index in [-0.39, 0.29) is 23.8 Å². The zero-order valence-corrected chi connectivity index (χ0v) is 12.1. The summed E-state index contributed by atoms with van der Waals surface area (Å²) in [6, 6.07) is 0.558. The zero-order valence-electron chi connectivity index (χ0n) is 11.3. The number of nitrogens with zero attached hydrogens (tertiary/aromatic N) is 1. The minimum Gasteiger partial charge on any atom is -0.469 e. The normalized spacial score (nSPS) is 21.8. The highest BCUT2D eigenvalue weighted by Gasteiger charge is 2.30. The van der Waals surface area contributed by atoms with E-state index in [0.717, 1.165) is 32.6 Å². The van der Waals surface area contributed by atoms with Gasteiger partial charge in [-0.3, -0.25) is 9.69 Å². The van der Waals surface area contributed by atoms with Gasteiger partial charge in [0.2, 0.25) is 0 Å². The number of halogens is 1. The van der Waals surface area contributed by atoms with E-state index in [9.17, 15) is 4.79 Å². The molecule has 1 heterocycles. The molecule has 0 aromatic heterocycles. The van der Waals surface area contributed by atoms with Crippen LogP contribution in [-0.2, 0) is 9.53 Å². The second kappa shape index (κ2) is 7.19. The van der Waals surface area contributed by atoms with E-state index < -0.39 is 0 Å². The average molecular weight is 265 g/mol. The van der Waals surface area contributed by atoms with Crippen molar-refractivity contribution in [3.8, 4) is 0 Å². The van der Waals surface area contributed by atoms with E-state index in [4.69, 9.17) is 4.74 Å². The van der Waals surface area contributed by atoms with Gasteiger partial charge in [0.1, 0.15) is 0 Å². The summed E-state index contributed by atoms with van der Waals surface area (Å²) in [5, 5.41) is 3.36. The second-order valence-electron chi connectivity index (χ2n) is 5.21. The number of piperazine rings is 1. The molecule has 0 saturated carbocycles. The number of ether oxygens (including phenoxy) is 1. The zero-order chi connectivity index (χ0) is 12.2. The highest BCUT2D eigenvalue weighted by Crippen LogP contribution is 2.23. The van der Waals surface area contributed by atoms with Gasteiger partial charge in [-0.2, -0.15) is 0 Å². The number of methoxy groups -OCH3 is 1. The number of hydrogen-bond donors (Lipinski definition) is 1. The Balaban J connectivity index is 0.00000256. The SMILES string of the molecule is COC(=O)C(C)(C)CCN1CCNC[C@H]1C.Cl. The summed E-state index contributed by atoms with van der Waals surface area (Å²) in [5.41, 5.74) is -0.376. The summed E-state index contributed by atoms with van der Waals surface area (Å²) in [5.74, 6) is -0.115. The van der Waals surface area contributed by atoms with E-state index in [1.807, 2.05) is 13.8 Å². The molecule has 0 bridgehead atoms. The van der Waals surface area contributed by atoms with E-state index in [2.05, 4.69) is 17.1 Å². The van der Waals surface area contributed by atoms with Gasteiger partial charge < -0.3 is 10.1 Å². The quantitative estimate of drug-likeness (QED) is 0.777. The first-order valence-corrected chi connectivity index (χ1v) is 6.00. The average Bonchev–Trinajstić information content (AvgIpc) is 2.27. The van der Waals surface area contributed by atoms with Crippen LogP contribution >= 0.6 is 12.4 Å². The third-order valence-electron chi connectivity index (χ3n) is 3.40. The molecule has 17 heavy (non-hydrogen) atoms. The maximum absolute atomic E-state index is 11.5. The van der Waals surface area contributed by atoms with Gasteiger partial charge in [-0.05, 0) is 33.7 Å². The molecule has 1 aliphatic heterocycles. The summed E-state index contributed by atoms with van der Waals surface area (Å²) in [6.45, 7) is 10.2. The molecule has 0 amide bonds. The Labute approximate surface area is 110 Å². The van der Waals surface area contributed by atoms with Crippen LogP contribution in [0.25, 0.3) is 0 Å². The van der Waals surface area contributed by atoms with Crippen molar-refractivity contribution in [1.82, 2.24) is 10.2 Å². The lowest BCUT2D eigenvalue weighted by atomic mass is 9.89. The predicted octanol–water partition coefficient (Wildman–Crippen LogP) is 1.29. The lowest BCUT2D eigenvalue weighted by molar-refractivity contribution is -0.151. The van der Waals surface area contributed by atoms with Crippen molar-refractivity contribution in [2.45, 2.75) is 33.2 Å². The minimum atomic E-state index is -0.376. The molecule has 4 nitrogen and oxygen atoms in total. The lowest BCUT2D eigenvalue weighted by Crippen LogP contribution is -2.50. The van der Waals surface area contributed by atoms with Crippen LogP contribution in [-0.4, -0.2) is 50.2 Å². The predicted molar refractivity (Wildman–Crippen MR) is 71.6 cm³/mol. The first-order valence-electron chi connectivity index (χ1n) is 6.00. The van der Waals surface area contributed by atoms with Crippen LogP contribution in [0.3, 0.4) is 0 Å². The van der Waals surface area contributed by atoms with Gasteiger partial charge in [-0.25, -0.2) is 0 Å². The van der Waals surface area contributed by atoms with Crippen molar-refractivity contribution in [2.24, 2.45) is 5.41 Å². The third kappa shape index (κ3) is 4.82. The van der Waals surface area contributed by atoms with Gasteiger partial charge in [0.05, 0.1) is 12.5 Å². The standard InChI is InChI=1S/C12H24N2O2.ClH/c1-10-9-13-6-8-14(10)7-5-12(2,3)11(15)16-4;/h10,13H,5-9H2,1-4H3;1H/t10-;/m1./s1. The van der Waals surface area contributed by atoms with Crippen LogP contribution in [0, 0.1) is 5.41 Å². The molecule has 1 atom stereocenters. The Kier molecular flexibility index (Phi) is 7.05. The molecule has 1 saturated heterocycles. The highest BCUT2D eigenvalue weighted by atomic mass is 35.5. The molecule has 1 N–H and O–H groups in total. The Hall–Kier alpha value is -0.320. The molecule has 0 unspecified atom stereocenters. The van der Waals surface area contributed by atoms with Crippen molar-refractivity contribution in [3.63, 3.8) is 0 Å². The molecule has 0 radical (unpaired) electrons. The number of esters is 1. The van der Waals surface area contributed by atoms with E-state index >= 15 is 0 Å². The monoisotopic (exact) mass is 264 g/mol. The summed E-state index contributed by atoms with van der Waals surface area (Å²) >= 11 is 0. The van der Waals surface area contributed by atoms with Crippen molar-refractivity contribution >= 4 is 18.4 Å². The Morgan fingerprint density at radius 1 is 1.53 bits per heavy atom. The van der Waals surface area contributed by atoms with E-state index in [1.54, 1.807) is 0 Å². The van der Waals surface area contributed by atoms with Crippen molar-refractivity contribution in [1.29, 1.82) is 0 Å². The second-order valence-corrected chi connectivity index (χ2v) is 5.21. The molecule has 102 valence electrons. The molecule has 1 rings (SSSR count). The van der Waals surface area contributed by atoms with Crippen molar-refractivity contribution in [3.05, 3.63) is 0 Å². The molecule has 1 fully saturated rings. The van der Waals surface area contributed by atoms with Crippen molar-refractivity contribution in [2.75, 3.05) is 33.3 Å². The van der Waals surface area contributed by atoms with Gasteiger partial charge in [0, 0.05) is 25.7 Å². The van der Waals surface area contributed by atoms with Crippen LogP contribution in [0.5, 0.6) is 0 Å². The number of rotatable bonds is 4. The van der Waals surface area contributed by atoms with Crippen molar-refractivity contribution < 1.29 is 9.53 Å². The molecular formula is C12H25ClN2O2. The molecule has 0 aliphatic carbocycles. The van der Waals surface area contributed by atoms with Gasteiger partial charge in [0.25, 0.3) is 0 Å². The molecule has 0 aromatic carbocycles. The molecular weight excluding hydrogens is 240 g/mol. The molecule has 0 spiro atoms. The van der Waals surface area contributed by atoms with Crippen LogP contribution < -0.4 is 5.32 Å². The Bertz CT molecular complexity index is 247. The topological polar surface area (TPSA) is 41.6 Å². The van der Waals surface area contributed by atoms with Gasteiger partial charge >= 0.3 is 5.97 Å². The molecule has 1 aliphatic rings. The fraction of sp³-hybridized carbons (Fsp3) is 0.917. The van der Waals surface area contributed by atoms with Crippen LogP contribution in [0.2, 0.25) is 0 Å². The largest absolute Gasteiger partial charge is 0.469 e. The molecule has 0 aromatic rings. The summed E-state index contributed by atoms with van der Waals surface area (Å²) < 4.78 is 4.81. The van der Waals surface area contributed by atoms with Gasteiger partial charge in [-0.1, -0.05) is 0 Å². The van der Waals surface area contributed by atoms with E-state index in [0.29, 0.717) is 6.04 Å².